The van der Waals surface area contributed by atoms with Gasteiger partial charge in [0.15, 0.2) is 6.10 Å². The summed E-state index contributed by atoms with van der Waals surface area (Å²) in [5.41, 5.74) is -1.52. The van der Waals surface area contributed by atoms with Crippen LogP contribution in [0.3, 0.4) is 0 Å². The van der Waals surface area contributed by atoms with Crippen LogP contribution in [0.4, 0.5) is 11.4 Å². The molecule has 154 valence electrons. The number of nitro benzene ring substituents is 1. The van der Waals surface area contributed by atoms with Crippen LogP contribution in [0, 0.1) is 10.1 Å². The number of benzene rings is 2. The lowest BCUT2D eigenvalue weighted by atomic mass is 10.2. The van der Waals surface area contributed by atoms with Gasteiger partial charge in [-0.1, -0.05) is 24.3 Å². The van der Waals surface area contributed by atoms with Crippen LogP contribution in [-0.4, -0.2) is 32.7 Å². The van der Waals surface area contributed by atoms with Gasteiger partial charge in [-0.2, -0.15) is 0 Å². The SMILES string of the molecule is C[C@@H](OC(=O)Cn1[nH]c(=O)c2ccccc2c1=O)C(=O)Nc1ccccc1[N+](=O)[O-]. The molecule has 1 heterocycles. The molecule has 0 unspecified atom stereocenters. The lowest BCUT2D eigenvalue weighted by molar-refractivity contribution is -0.383. The predicted octanol–water partition coefficient (Wildman–Crippen LogP) is 1.17. The Bertz CT molecular complexity index is 1260. The first kappa shape index (κ1) is 20.5. The number of para-hydroxylation sites is 2. The summed E-state index contributed by atoms with van der Waals surface area (Å²) in [6.07, 6.45) is -1.31. The smallest absolute Gasteiger partial charge is 0.328 e. The third-order valence-electron chi connectivity index (χ3n) is 4.21. The van der Waals surface area contributed by atoms with Crippen molar-refractivity contribution in [2.24, 2.45) is 0 Å². The minimum absolute atomic E-state index is 0.0505. The second-order valence-corrected chi connectivity index (χ2v) is 6.27. The van der Waals surface area contributed by atoms with Crippen LogP contribution >= 0.6 is 0 Å². The second kappa shape index (κ2) is 8.39. The lowest BCUT2D eigenvalue weighted by Crippen LogP contribution is -2.36. The third kappa shape index (κ3) is 4.24. The van der Waals surface area contributed by atoms with Gasteiger partial charge in [-0.25, -0.2) is 4.68 Å². The number of H-pyrrole nitrogens is 1. The van der Waals surface area contributed by atoms with E-state index in [9.17, 15) is 29.3 Å². The van der Waals surface area contributed by atoms with Gasteiger partial charge in [-0.05, 0) is 25.1 Å². The van der Waals surface area contributed by atoms with Crippen LogP contribution in [0.5, 0.6) is 0 Å². The molecule has 0 radical (unpaired) electrons. The molecule has 3 rings (SSSR count). The van der Waals surface area contributed by atoms with E-state index in [4.69, 9.17) is 4.74 Å². The third-order valence-corrected chi connectivity index (χ3v) is 4.21. The van der Waals surface area contributed by atoms with Crippen molar-refractivity contribution in [2.45, 2.75) is 19.6 Å². The Morgan fingerprint density at radius 3 is 2.47 bits per heavy atom. The summed E-state index contributed by atoms with van der Waals surface area (Å²) in [6, 6.07) is 11.6. The zero-order valence-corrected chi connectivity index (χ0v) is 15.7. The summed E-state index contributed by atoms with van der Waals surface area (Å²) in [5, 5.41) is 15.9. The van der Waals surface area contributed by atoms with Crippen LogP contribution in [-0.2, 0) is 20.9 Å². The topological polar surface area (TPSA) is 153 Å². The van der Waals surface area contributed by atoms with E-state index in [0.717, 1.165) is 4.68 Å². The summed E-state index contributed by atoms with van der Waals surface area (Å²) in [5.74, 6) is -1.75. The molecular weight excluding hydrogens is 396 g/mol. The fourth-order valence-electron chi connectivity index (χ4n) is 2.75. The van der Waals surface area contributed by atoms with Crippen LogP contribution < -0.4 is 16.4 Å². The maximum Gasteiger partial charge on any atom is 0.328 e. The molecule has 0 aliphatic carbocycles. The van der Waals surface area contributed by atoms with E-state index in [0.29, 0.717) is 0 Å². The minimum Gasteiger partial charge on any atom is -0.451 e. The van der Waals surface area contributed by atoms with E-state index in [1.165, 1.54) is 43.3 Å². The molecule has 0 bridgehead atoms. The summed E-state index contributed by atoms with van der Waals surface area (Å²) in [6.45, 7) is 0.649. The molecule has 1 amide bonds. The van der Waals surface area contributed by atoms with Gasteiger partial charge in [0.1, 0.15) is 12.2 Å². The monoisotopic (exact) mass is 412 g/mol. The Balaban J connectivity index is 1.71. The number of nitro groups is 1. The highest BCUT2D eigenvalue weighted by atomic mass is 16.6. The van der Waals surface area contributed by atoms with Gasteiger partial charge < -0.3 is 10.1 Å². The Hall–Kier alpha value is -4.28. The van der Waals surface area contributed by atoms with Crippen molar-refractivity contribution >= 4 is 34.0 Å². The van der Waals surface area contributed by atoms with E-state index < -0.39 is 40.6 Å². The van der Waals surface area contributed by atoms with Gasteiger partial charge in [-0.3, -0.25) is 34.4 Å². The largest absolute Gasteiger partial charge is 0.451 e. The molecule has 11 heteroatoms. The van der Waals surface area contributed by atoms with E-state index >= 15 is 0 Å². The first-order chi connectivity index (χ1) is 14.3. The number of anilines is 1. The number of aromatic nitrogens is 2. The molecule has 30 heavy (non-hydrogen) atoms. The van der Waals surface area contributed by atoms with Crippen molar-refractivity contribution in [3.05, 3.63) is 79.4 Å². The summed E-state index contributed by atoms with van der Waals surface area (Å²) in [4.78, 5) is 59.2. The molecule has 2 aromatic carbocycles. The highest BCUT2D eigenvalue weighted by Gasteiger charge is 2.22. The molecule has 0 saturated carbocycles. The molecule has 0 aliphatic rings. The summed E-state index contributed by atoms with van der Waals surface area (Å²) >= 11 is 0. The highest BCUT2D eigenvalue weighted by Crippen LogP contribution is 2.23. The molecule has 1 aromatic heterocycles. The fraction of sp³-hybridized carbons (Fsp3) is 0.158. The van der Waals surface area contributed by atoms with Gasteiger partial charge in [0.2, 0.25) is 0 Å². The van der Waals surface area contributed by atoms with E-state index in [1.54, 1.807) is 12.1 Å². The number of esters is 1. The van der Waals surface area contributed by atoms with E-state index in [2.05, 4.69) is 10.4 Å². The maximum atomic E-state index is 12.4. The molecule has 1 atom stereocenters. The number of hydrogen-bond acceptors (Lipinski definition) is 7. The maximum absolute atomic E-state index is 12.4. The molecule has 2 N–H and O–H groups in total. The number of fused-ring (bicyclic) bond motifs is 1. The Kier molecular flexibility index (Phi) is 5.72. The Morgan fingerprint density at radius 2 is 1.77 bits per heavy atom. The molecule has 0 aliphatic heterocycles. The van der Waals surface area contributed by atoms with Gasteiger partial charge in [0.05, 0.1) is 15.7 Å². The van der Waals surface area contributed by atoms with Crippen molar-refractivity contribution in [2.75, 3.05) is 5.32 Å². The van der Waals surface area contributed by atoms with E-state index in [-0.39, 0.29) is 22.1 Å². The average molecular weight is 412 g/mol. The predicted molar refractivity (Wildman–Crippen MR) is 106 cm³/mol. The molecule has 11 nitrogen and oxygen atoms in total. The minimum atomic E-state index is -1.31. The Morgan fingerprint density at radius 1 is 1.13 bits per heavy atom. The first-order valence-electron chi connectivity index (χ1n) is 8.73. The van der Waals surface area contributed by atoms with Crippen molar-refractivity contribution in [1.29, 1.82) is 0 Å². The molecule has 0 spiro atoms. The number of carbonyl (C=O) groups is 2. The number of aromatic amines is 1. The number of nitrogens with zero attached hydrogens (tertiary/aromatic N) is 2. The number of ether oxygens (including phenoxy) is 1. The number of hydrogen-bond donors (Lipinski definition) is 2. The zero-order valence-electron chi connectivity index (χ0n) is 15.7. The lowest BCUT2D eigenvalue weighted by Gasteiger charge is -2.14. The number of amides is 1. The number of carbonyl (C=O) groups excluding carboxylic acids is 2. The van der Waals surface area contributed by atoms with Crippen molar-refractivity contribution in [3.63, 3.8) is 0 Å². The van der Waals surface area contributed by atoms with Gasteiger partial charge in [0, 0.05) is 6.07 Å². The van der Waals surface area contributed by atoms with Gasteiger partial charge >= 0.3 is 5.97 Å². The van der Waals surface area contributed by atoms with Crippen LogP contribution in [0.1, 0.15) is 6.92 Å². The molecule has 3 aromatic rings. The van der Waals surface area contributed by atoms with Crippen molar-refractivity contribution < 1.29 is 19.2 Å². The highest BCUT2D eigenvalue weighted by molar-refractivity contribution is 5.96. The van der Waals surface area contributed by atoms with Crippen LogP contribution in [0.15, 0.2) is 58.1 Å². The van der Waals surface area contributed by atoms with Crippen LogP contribution in [0.25, 0.3) is 10.8 Å². The zero-order chi connectivity index (χ0) is 21.8. The Labute approximate surface area is 168 Å². The summed E-state index contributed by atoms with van der Waals surface area (Å²) in [7, 11) is 0. The molecule has 0 fully saturated rings. The average Bonchev–Trinajstić information content (AvgIpc) is 2.72. The normalized spacial score (nSPS) is 11.6. The van der Waals surface area contributed by atoms with E-state index in [1.807, 2.05) is 0 Å². The quantitative estimate of drug-likeness (QED) is 0.350. The van der Waals surface area contributed by atoms with Crippen LogP contribution in [0.2, 0.25) is 0 Å². The standard InChI is InChI=1S/C19H16N4O7/c1-11(17(25)20-14-8-4-5-9-15(14)23(28)29)30-16(24)10-22-19(27)13-7-3-2-6-12(13)18(26)21-22/h2-9,11H,10H2,1H3,(H,20,25)(H,21,26)/t11-/m1/s1. The fourth-order valence-corrected chi connectivity index (χ4v) is 2.75. The molecule has 0 saturated heterocycles. The van der Waals surface area contributed by atoms with Gasteiger partial charge in [0.25, 0.3) is 22.7 Å². The van der Waals surface area contributed by atoms with Crippen molar-refractivity contribution in [3.8, 4) is 0 Å². The second-order valence-electron chi connectivity index (χ2n) is 6.27. The molecular formula is C19H16N4O7. The summed E-state index contributed by atoms with van der Waals surface area (Å²) < 4.78 is 5.78. The first-order valence-corrected chi connectivity index (χ1v) is 8.73. The van der Waals surface area contributed by atoms with Gasteiger partial charge in [-0.15, -0.1) is 0 Å². The number of rotatable bonds is 6. The van der Waals surface area contributed by atoms with Crippen molar-refractivity contribution in [1.82, 2.24) is 9.78 Å². The number of nitrogens with one attached hydrogen (secondary N) is 2.